The van der Waals surface area contributed by atoms with Gasteiger partial charge in [-0.1, -0.05) is 54.2 Å². The van der Waals surface area contributed by atoms with E-state index >= 15 is 0 Å². The molecule has 0 radical (unpaired) electrons. The summed E-state index contributed by atoms with van der Waals surface area (Å²) in [7, 11) is 0. The second kappa shape index (κ2) is 9.46. The van der Waals surface area contributed by atoms with Gasteiger partial charge in [-0.2, -0.15) is 0 Å². The summed E-state index contributed by atoms with van der Waals surface area (Å²) in [6.45, 7) is 5.35. The van der Waals surface area contributed by atoms with Crippen LogP contribution in [-0.4, -0.2) is 21.8 Å². The first-order valence-electron chi connectivity index (χ1n) is 15.0. The highest BCUT2D eigenvalue weighted by Gasteiger charge is 2.33. The van der Waals surface area contributed by atoms with Gasteiger partial charge in [-0.3, -0.25) is 4.57 Å². The van der Waals surface area contributed by atoms with E-state index < -0.39 is 6.85 Å². The second-order valence-corrected chi connectivity index (χ2v) is 12.3. The van der Waals surface area contributed by atoms with Crippen molar-refractivity contribution in [2.24, 2.45) is 0 Å². The van der Waals surface area contributed by atoms with Gasteiger partial charge in [-0.15, -0.1) is 0 Å². The zero-order valence-electron chi connectivity index (χ0n) is 25.8. The average Bonchev–Trinajstić information content (AvgIpc) is 3.53. The number of anilines is 3. The van der Waals surface area contributed by atoms with Crippen LogP contribution < -0.4 is 9.80 Å². The van der Waals surface area contributed by atoms with Crippen LogP contribution in [0, 0.1) is 6.85 Å². The summed E-state index contributed by atoms with van der Waals surface area (Å²) in [5.74, 6) is 0.597. The van der Waals surface area contributed by atoms with Gasteiger partial charge < -0.3 is 9.80 Å². The van der Waals surface area contributed by atoms with Crippen LogP contribution in [0.2, 0.25) is 0 Å². The average molecular weight is 544 g/mol. The predicted molar refractivity (Wildman–Crippen MR) is 170 cm³/mol. The van der Waals surface area contributed by atoms with Gasteiger partial charge in [0.15, 0.2) is 0 Å². The number of para-hydroxylation sites is 3. The Morgan fingerprint density at radius 1 is 0.750 bits per heavy atom. The summed E-state index contributed by atoms with van der Waals surface area (Å²) in [4.78, 5) is 11.7. The fourth-order valence-corrected chi connectivity index (χ4v) is 6.57. The molecule has 3 heterocycles. The minimum atomic E-state index is -2.21. The monoisotopic (exact) mass is 543 g/mol. The van der Waals surface area contributed by atoms with Gasteiger partial charge in [0.2, 0.25) is 0 Å². The van der Waals surface area contributed by atoms with Gasteiger partial charge in [-0.25, -0.2) is 4.98 Å². The quantitative estimate of drug-likeness (QED) is 0.221. The smallest absolute Gasteiger partial charge is 0.137 e. The Morgan fingerprint density at radius 3 is 2.38 bits per heavy atom. The Bertz CT molecular complexity index is 1990. The van der Waals surface area contributed by atoms with Crippen LogP contribution in [0.5, 0.6) is 0 Å². The predicted octanol–water partition coefficient (Wildman–Crippen LogP) is 9.35. The molecule has 198 valence electrons. The molecule has 0 fully saturated rings. The first-order valence-corrected chi connectivity index (χ1v) is 14.3. The van der Waals surface area contributed by atoms with Crippen molar-refractivity contribution in [3.05, 3.63) is 115 Å². The fraction of sp³-hybridized carbons (Fsp3) is 0.171. The molecule has 4 nitrogen and oxygen atoms in total. The largest absolute Gasteiger partial charge is 0.347 e. The molecule has 6 aromatic rings. The van der Waals surface area contributed by atoms with E-state index in [4.69, 9.17) is 4.11 Å². The Kier molecular flexibility index (Phi) is 5.10. The van der Waals surface area contributed by atoms with Crippen molar-refractivity contribution in [1.29, 1.82) is 0 Å². The van der Waals surface area contributed by atoms with E-state index in [2.05, 4.69) is 119 Å². The van der Waals surface area contributed by atoms with E-state index in [0.29, 0.717) is 5.82 Å². The lowest BCUT2D eigenvalue weighted by Crippen LogP contribution is -2.42. The normalized spacial score (nSPS) is 14.8. The van der Waals surface area contributed by atoms with E-state index in [1.807, 2.05) is 12.1 Å². The number of nitrogens with zero attached hydrogens (tertiary/aromatic N) is 4. The Morgan fingerprint density at radius 2 is 1.52 bits per heavy atom. The van der Waals surface area contributed by atoms with Gasteiger partial charge in [-0.05, 0) is 93.9 Å². The molecule has 40 heavy (non-hydrogen) atoms. The summed E-state index contributed by atoms with van der Waals surface area (Å²) in [6.07, 6.45) is 1.58. The third-order valence-corrected chi connectivity index (χ3v) is 8.52. The third kappa shape index (κ3) is 4.22. The molecule has 5 heteroatoms. The number of pyridine rings is 1. The molecule has 0 N–H and O–H groups in total. The molecule has 0 spiro atoms. The molecule has 2 aromatic heterocycles. The molecular weight excluding hydrogens is 508 g/mol. The van der Waals surface area contributed by atoms with E-state index in [1.165, 1.54) is 11.4 Å². The SMILES string of the molecule is [2H]C([2H])([2H])c1ccnc(-n2c3ccccc3c3ccc(Sc4cccc(N5CN(C(C)(C)C)c6ccccc65)c4)cc32)c1. The maximum atomic E-state index is 7.93. The number of fused-ring (bicyclic) bond motifs is 4. The third-order valence-electron chi connectivity index (χ3n) is 7.54. The molecule has 0 bridgehead atoms. The lowest BCUT2D eigenvalue weighted by Gasteiger charge is -2.34. The minimum absolute atomic E-state index is 0.00292. The van der Waals surface area contributed by atoms with Crippen LogP contribution in [0.3, 0.4) is 0 Å². The molecule has 4 aromatic carbocycles. The van der Waals surface area contributed by atoms with Crippen LogP contribution >= 0.6 is 11.8 Å². The molecule has 0 amide bonds. The van der Waals surface area contributed by atoms with Gasteiger partial charge in [0.25, 0.3) is 0 Å². The topological polar surface area (TPSA) is 24.3 Å². The van der Waals surface area contributed by atoms with E-state index in [9.17, 15) is 0 Å². The summed E-state index contributed by atoms with van der Waals surface area (Å²) < 4.78 is 25.9. The fourth-order valence-electron chi connectivity index (χ4n) is 5.66. The second-order valence-electron chi connectivity index (χ2n) is 11.2. The number of hydrogen-bond acceptors (Lipinski definition) is 4. The molecule has 7 rings (SSSR count). The number of rotatable bonds is 4. The van der Waals surface area contributed by atoms with Crippen molar-refractivity contribution < 1.29 is 4.11 Å². The maximum Gasteiger partial charge on any atom is 0.137 e. The lowest BCUT2D eigenvalue weighted by molar-refractivity contribution is 0.518. The molecular formula is C35H32N4S. The summed E-state index contributed by atoms with van der Waals surface area (Å²) in [6, 6.07) is 35.3. The zero-order valence-corrected chi connectivity index (χ0v) is 23.6. The van der Waals surface area contributed by atoms with Crippen molar-refractivity contribution in [3.8, 4) is 5.82 Å². The van der Waals surface area contributed by atoms with Crippen LogP contribution in [0.4, 0.5) is 17.1 Å². The van der Waals surface area contributed by atoms with Gasteiger partial charge in [0.1, 0.15) is 5.82 Å². The highest BCUT2D eigenvalue weighted by molar-refractivity contribution is 7.99. The number of aryl methyl sites for hydroxylation is 1. The van der Waals surface area contributed by atoms with E-state index in [0.717, 1.165) is 44.0 Å². The lowest BCUT2D eigenvalue weighted by atomic mass is 10.1. The zero-order chi connectivity index (χ0) is 29.9. The molecule has 1 aliphatic rings. The number of hydrogen-bond donors (Lipinski definition) is 0. The van der Waals surface area contributed by atoms with E-state index in [-0.39, 0.29) is 11.1 Å². The summed E-state index contributed by atoms with van der Waals surface area (Å²) in [5.41, 5.74) is 5.90. The van der Waals surface area contributed by atoms with Crippen molar-refractivity contribution in [2.75, 3.05) is 16.5 Å². The maximum absolute atomic E-state index is 7.93. The van der Waals surface area contributed by atoms with Gasteiger partial charge >= 0.3 is 0 Å². The van der Waals surface area contributed by atoms with Crippen LogP contribution in [0.1, 0.15) is 30.4 Å². The number of aromatic nitrogens is 2. The summed E-state index contributed by atoms with van der Waals surface area (Å²) >= 11 is 1.72. The van der Waals surface area contributed by atoms with Crippen molar-refractivity contribution in [2.45, 2.75) is 43.0 Å². The molecule has 0 unspecified atom stereocenters. The number of benzene rings is 4. The Balaban J connectivity index is 1.28. The van der Waals surface area contributed by atoms with Crippen LogP contribution in [0.15, 0.2) is 119 Å². The van der Waals surface area contributed by atoms with Crippen LogP contribution in [0.25, 0.3) is 27.6 Å². The molecule has 1 aliphatic heterocycles. The Hall–Kier alpha value is -4.22. The minimum Gasteiger partial charge on any atom is -0.347 e. The highest BCUT2D eigenvalue weighted by Crippen LogP contribution is 2.44. The van der Waals surface area contributed by atoms with Crippen molar-refractivity contribution in [3.63, 3.8) is 0 Å². The van der Waals surface area contributed by atoms with Crippen molar-refractivity contribution in [1.82, 2.24) is 9.55 Å². The molecule has 0 saturated carbocycles. The molecule has 0 saturated heterocycles. The van der Waals surface area contributed by atoms with Gasteiger partial charge in [0.05, 0.1) is 29.1 Å². The first-order chi connectivity index (χ1) is 20.6. The first kappa shape index (κ1) is 21.6. The van der Waals surface area contributed by atoms with Crippen molar-refractivity contribution >= 4 is 50.6 Å². The highest BCUT2D eigenvalue weighted by atomic mass is 32.2. The van der Waals surface area contributed by atoms with Crippen LogP contribution in [-0.2, 0) is 0 Å². The Labute approximate surface area is 244 Å². The molecule has 0 atom stereocenters. The summed E-state index contributed by atoms with van der Waals surface area (Å²) in [5, 5.41) is 2.21. The molecule has 0 aliphatic carbocycles. The van der Waals surface area contributed by atoms with Gasteiger partial charge in [0, 0.05) is 42.1 Å². The van der Waals surface area contributed by atoms with E-state index in [1.54, 1.807) is 30.1 Å². The standard InChI is InChI=1S/C35H32N4S/c1-24-18-19-36-34(20-24)39-30-13-6-5-12-28(30)29-17-16-27(22-33(29)39)40-26-11-9-10-25(21-26)37-23-38(35(2,3)4)32-15-8-7-14-31(32)37/h5-22H,23H2,1-4H3/i1D3.